The molecule has 0 saturated heterocycles. The van der Waals surface area contributed by atoms with Crippen molar-refractivity contribution in [1.29, 1.82) is 0 Å². The molecule has 2 heteroatoms. The molecule has 0 amide bonds. The first-order valence-corrected chi connectivity index (χ1v) is 5.98. The first-order chi connectivity index (χ1) is 5.33. The van der Waals surface area contributed by atoms with E-state index in [1.807, 2.05) is 11.8 Å². The van der Waals surface area contributed by atoms with Crippen LogP contribution in [0.15, 0.2) is 11.6 Å². The summed E-state index contributed by atoms with van der Waals surface area (Å²) in [5.74, 6) is 1.25. The van der Waals surface area contributed by atoms with Crippen molar-refractivity contribution in [3.8, 4) is 0 Å². The second-order valence-electron chi connectivity index (χ2n) is 2.98. The number of rotatable bonds is 3. The van der Waals surface area contributed by atoms with E-state index in [4.69, 9.17) is 11.6 Å². The number of hydrogen-bond acceptors (Lipinski definition) is 1. The summed E-state index contributed by atoms with van der Waals surface area (Å²) in [5.41, 5.74) is 1.57. The first-order valence-electron chi connectivity index (χ1n) is 4.15. The predicted octanol–water partition coefficient (Wildman–Crippen LogP) is 3.46. The highest BCUT2D eigenvalue weighted by Crippen LogP contribution is 2.24. The molecule has 11 heavy (non-hydrogen) atoms. The predicted molar refractivity (Wildman–Crippen MR) is 54.6 cm³/mol. The van der Waals surface area contributed by atoms with E-state index in [1.54, 1.807) is 5.57 Å². The van der Waals surface area contributed by atoms with E-state index in [-0.39, 0.29) is 0 Å². The fourth-order valence-electron chi connectivity index (χ4n) is 1.39. The van der Waals surface area contributed by atoms with Crippen LogP contribution in [0.25, 0.3) is 0 Å². The lowest BCUT2D eigenvalue weighted by atomic mass is 9.98. The zero-order valence-electron chi connectivity index (χ0n) is 6.98. The molecule has 0 fully saturated rings. The highest BCUT2D eigenvalue weighted by Gasteiger charge is 2.09. The Kier molecular flexibility index (Phi) is 4.39. The number of thioether (sulfide) groups is 1. The summed E-state index contributed by atoms with van der Waals surface area (Å²) in [5, 5.41) is 0.320. The minimum absolute atomic E-state index is 0.320. The average molecular weight is 191 g/mol. The third-order valence-electron chi connectivity index (χ3n) is 2.02. The highest BCUT2D eigenvalue weighted by molar-refractivity contribution is 7.98. The van der Waals surface area contributed by atoms with E-state index in [2.05, 4.69) is 12.3 Å². The molecule has 0 aliphatic heterocycles. The molecule has 0 saturated carbocycles. The number of allylic oxidation sites excluding steroid dienone is 2. The van der Waals surface area contributed by atoms with Gasteiger partial charge in [0.05, 0.1) is 5.38 Å². The molecule has 0 aromatic carbocycles. The summed E-state index contributed by atoms with van der Waals surface area (Å²) in [6.45, 7) is 0. The maximum absolute atomic E-state index is 6.01. The van der Waals surface area contributed by atoms with Gasteiger partial charge in [0.2, 0.25) is 0 Å². The summed E-state index contributed by atoms with van der Waals surface area (Å²) in [7, 11) is 0. The molecule has 0 N–H and O–H groups in total. The summed E-state index contributed by atoms with van der Waals surface area (Å²) in [6.07, 6.45) is 9.38. The van der Waals surface area contributed by atoms with Crippen molar-refractivity contribution in [2.24, 2.45) is 0 Å². The minimum Gasteiger partial charge on any atom is -0.165 e. The molecule has 0 nitrogen and oxygen atoms in total. The Morgan fingerprint density at radius 2 is 2.55 bits per heavy atom. The molecule has 1 atom stereocenters. The van der Waals surface area contributed by atoms with Gasteiger partial charge in [-0.2, -0.15) is 11.8 Å². The monoisotopic (exact) mass is 190 g/mol. The van der Waals surface area contributed by atoms with Crippen LogP contribution >= 0.6 is 23.4 Å². The Hall–Kier alpha value is 0.380. The third-order valence-corrected chi connectivity index (χ3v) is 2.98. The average Bonchev–Trinajstić information content (AvgIpc) is 2.01. The Morgan fingerprint density at radius 3 is 3.18 bits per heavy atom. The van der Waals surface area contributed by atoms with Crippen molar-refractivity contribution in [3.63, 3.8) is 0 Å². The molecule has 64 valence electrons. The molecule has 0 aromatic heterocycles. The summed E-state index contributed by atoms with van der Waals surface area (Å²) in [4.78, 5) is 0. The van der Waals surface area contributed by atoms with E-state index < -0.39 is 0 Å². The van der Waals surface area contributed by atoms with Crippen LogP contribution in [-0.4, -0.2) is 17.4 Å². The van der Waals surface area contributed by atoms with Gasteiger partial charge in [0, 0.05) is 0 Å². The summed E-state index contributed by atoms with van der Waals surface area (Å²) < 4.78 is 0. The summed E-state index contributed by atoms with van der Waals surface area (Å²) in [6, 6.07) is 0. The lowest BCUT2D eigenvalue weighted by Gasteiger charge is -2.15. The van der Waals surface area contributed by atoms with Gasteiger partial charge in [-0.25, -0.2) is 0 Å². The molecule has 0 heterocycles. The molecular weight excluding hydrogens is 176 g/mol. The van der Waals surface area contributed by atoms with Crippen molar-refractivity contribution >= 4 is 23.4 Å². The van der Waals surface area contributed by atoms with Gasteiger partial charge in [0.1, 0.15) is 0 Å². The van der Waals surface area contributed by atoms with Gasteiger partial charge in [0.15, 0.2) is 0 Å². The van der Waals surface area contributed by atoms with Crippen LogP contribution in [0, 0.1) is 0 Å². The molecule has 0 aromatic rings. The SMILES string of the molecule is CSCCC1=CC(Cl)CCC1. The quantitative estimate of drug-likeness (QED) is 0.485. The van der Waals surface area contributed by atoms with Gasteiger partial charge in [-0.05, 0) is 37.7 Å². The van der Waals surface area contributed by atoms with Crippen LogP contribution in [0.4, 0.5) is 0 Å². The van der Waals surface area contributed by atoms with Crippen LogP contribution in [0.1, 0.15) is 25.7 Å². The molecule has 0 bridgehead atoms. The van der Waals surface area contributed by atoms with Crippen LogP contribution < -0.4 is 0 Å². The molecule has 1 aliphatic rings. The largest absolute Gasteiger partial charge is 0.165 e. The Balaban J connectivity index is 2.31. The van der Waals surface area contributed by atoms with E-state index in [0.29, 0.717) is 5.38 Å². The van der Waals surface area contributed by atoms with E-state index in [0.717, 1.165) is 0 Å². The van der Waals surface area contributed by atoms with Crippen LogP contribution in [0.3, 0.4) is 0 Å². The van der Waals surface area contributed by atoms with Gasteiger partial charge < -0.3 is 0 Å². The van der Waals surface area contributed by atoms with Gasteiger partial charge in [-0.1, -0.05) is 11.6 Å². The lowest BCUT2D eigenvalue weighted by Crippen LogP contribution is -2.03. The highest BCUT2D eigenvalue weighted by atomic mass is 35.5. The third kappa shape index (κ3) is 3.53. The lowest BCUT2D eigenvalue weighted by molar-refractivity contribution is 0.690. The molecule has 1 unspecified atom stereocenters. The normalized spacial score (nSPS) is 24.9. The zero-order chi connectivity index (χ0) is 8.10. The standard InChI is InChI=1S/C9H15ClS/c1-11-6-5-8-3-2-4-9(10)7-8/h7,9H,2-6H2,1H3. The zero-order valence-corrected chi connectivity index (χ0v) is 8.55. The Bertz CT molecular complexity index is 142. The van der Waals surface area contributed by atoms with Crippen molar-refractivity contribution in [2.75, 3.05) is 12.0 Å². The molecular formula is C9H15ClS. The van der Waals surface area contributed by atoms with Crippen LogP contribution in [0.2, 0.25) is 0 Å². The first kappa shape index (κ1) is 9.47. The smallest absolute Gasteiger partial charge is 0.0518 e. The topological polar surface area (TPSA) is 0 Å². The maximum atomic E-state index is 6.01. The van der Waals surface area contributed by atoms with Gasteiger partial charge in [-0.15, -0.1) is 11.6 Å². The fourth-order valence-corrected chi connectivity index (χ4v) is 2.19. The van der Waals surface area contributed by atoms with E-state index in [1.165, 1.54) is 31.4 Å². The molecule has 1 rings (SSSR count). The van der Waals surface area contributed by atoms with Crippen LogP contribution in [-0.2, 0) is 0 Å². The van der Waals surface area contributed by atoms with Gasteiger partial charge in [-0.3, -0.25) is 0 Å². The van der Waals surface area contributed by atoms with Crippen molar-refractivity contribution in [1.82, 2.24) is 0 Å². The fraction of sp³-hybridized carbons (Fsp3) is 0.778. The van der Waals surface area contributed by atoms with Crippen molar-refractivity contribution < 1.29 is 0 Å². The second-order valence-corrected chi connectivity index (χ2v) is 4.52. The Morgan fingerprint density at radius 1 is 1.73 bits per heavy atom. The maximum Gasteiger partial charge on any atom is 0.0518 e. The molecule has 0 radical (unpaired) electrons. The van der Waals surface area contributed by atoms with Crippen molar-refractivity contribution in [2.45, 2.75) is 31.1 Å². The van der Waals surface area contributed by atoms with Crippen LogP contribution in [0.5, 0.6) is 0 Å². The van der Waals surface area contributed by atoms with Gasteiger partial charge >= 0.3 is 0 Å². The number of hydrogen-bond donors (Lipinski definition) is 0. The molecule has 1 aliphatic carbocycles. The minimum atomic E-state index is 0.320. The number of halogens is 1. The number of alkyl halides is 1. The second kappa shape index (κ2) is 5.10. The molecule has 0 spiro atoms. The van der Waals surface area contributed by atoms with Crippen molar-refractivity contribution in [3.05, 3.63) is 11.6 Å². The van der Waals surface area contributed by atoms with E-state index >= 15 is 0 Å². The summed E-state index contributed by atoms with van der Waals surface area (Å²) >= 11 is 7.92. The Labute approximate surface area is 78.4 Å². The van der Waals surface area contributed by atoms with E-state index in [9.17, 15) is 0 Å². The van der Waals surface area contributed by atoms with Gasteiger partial charge in [0.25, 0.3) is 0 Å².